The fraction of sp³-hybridized carbons (Fsp3) is 0.105. The summed E-state index contributed by atoms with van der Waals surface area (Å²) in [5, 5.41) is 0. The van der Waals surface area contributed by atoms with Crippen LogP contribution >= 0.6 is 0 Å². The van der Waals surface area contributed by atoms with Crippen LogP contribution < -0.4 is 0 Å². The second-order valence-corrected chi connectivity index (χ2v) is 4.47. The van der Waals surface area contributed by atoms with Crippen LogP contribution in [0.2, 0.25) is 0 Å². The minimum Gasteiger partial charge on any atom is -0.124 e. The van der Waals surface area contributed by atoms with E-state index in [-0.39, 0.29) is 0 Å². The van der Waals surface area contributed by atoms with Crippen LogP contribution in [0.3, 0.4) is 0 Å². The van der Waals surface area contributed by atoms with Crippen LogP contribution in [0.25, 0.3) is 0 Å². The van der Waals surface area contributed by atoms with Crippen molar-refractivity contribution >= 4 is 0 Å². The molecule has 94 valence electrons. The Labute approximate surface area is 115 Å². The molecule has 0 heterocycles. The summed E-state index contributed by atoms with van der Waals surface area (Å²) in [5.74, 6) is 0. The highest BCUT2D eigenvalue weighted by Gasteiger charge is 2.35. The molecule has 0 radical (unpaired) electrons. The maximum absolute atomic E-state index is 4.06. The smallest absolute Gasteiger partial charge is 0.0698 e. The van der Waals surface area contributed by atoms with Crippen molar-refractivity contribution in [2.24, 2.45) is 0 Å². The van der Waals surface area contributed by atoms with Crippen LogP contribution in [-0.2, 0) is 5.41 Å². The van der Waals surface area contributed by atoms with Gasteiger partial charge in [-0.2, -0.15) is 0 Å². The first-order valence-corrected chi connectivity index (χ1v) is 6.39. The van der Waals surface area contributed by atoms with E-state index < -0.39 is 5.41 Å². The van der Waals surface area contributed by atoms with E-state index in [0.717, 1.165) is 17.6 Å². The molecule has 0 aromatic heterocycles. The third kappa shape index (κ3) is 2.07. The lowest BCUT2D eigenvalue weighted by Crippen LogP contribution is -2.26. The number of hydrogen-bond donors (Lipinski definition) is 0. The Kier molecular flexibility index (Phi) is 3.85. The van der Waals surface area contributed by atoms with Gasteiger partial charge in [0, 0.05) is 5.57 Å². The molecule has 0 heteroatoms. The first-order chi connectivity index (χ1) is 9.29. The van der Waals surface area contributed by atoms with Crippen LogP contribution in [0.15, 0.2) is 97.3 Å². The fourth-order valence-electron chi connectivity index (χ4n) is 2.65. The summed E-state index contributed by atoms with van der Waals surface area (Å²) in [7, 11) is 0. The van der Waals surface area contributed by atoms with Gasteiger partial charge in [0.25, 0.3) is 0 Å². The average molecular weight is 246 g/mol. The highest BCUT2D eigenvalue weighted by atomic mass is 14.4. The van der Waals surface area contributed by atoms with Crippen molar-refractivity contribution < 1.29 is 0 Å². The van der Waals surface area contributed by atoms with Crippen molar-refractivity contribution in [3.8, 4) is 0 Å². The molecule has 1 aromatic rings. The van der Waals surface area contributed by atoms with E-state index in [1.165, 1.54) is 5.57 Å². The van der Waals surface area contributed by atoms with Crippen molar-refractivity contribution in [2.45, 2.75) is 11.8 Å². The molecule has 19 heavy (non-hydrogen) atoms. The Morgan fingerprint density at radius 1 is 1.21 bits per heavy atom. The van der Waals surface area contributed by atoms with Crippen LogP contribution in [0.1, 0.15) is 12.0 Å². The molecule has 1 unspecified atom stereocenters. The van der Waals surface area contributed by atoms with Gasteiger partial charge in [-0.05, 0) is 17.6 Å². The molecule has 0 saturated heterocycles. The maximum Gasteiger partial charge on any atom is 0.0698 e. The molecular weight excluding hydrogens is 228 g/mol. The molecule has 0 nitrogen and oxygen atoms in total. The van der Waals surface area contributed by atoms with E-state index in [1.54, 1.807) is 0 Å². The molecule has 0 amide bonds. The van der Waals surface area contributed by atoms with Crippen molar-refractivity contribution in [3.05, 3.63) is 103 Å². The van der Waals surface area contributed by atoms with Crippen molar-refractivity contribution in [3.63, 3.8) is 0 Å². The molecule has 0 bridgehead atoms. The summed E-state index contributed by atoms with van der Waals surface area (Å²) in [4.78, 5) is 0. The molecule has 0 saturated carbocycles. The Balaban J connectivity index is 2.74. The second kappa shape index (κ2) is 5.56. The SMILES string of the molecule is C=C=C(C=C)C(C=C)(C1=CCC=C1)c1ccccc1. The van der Waals surface area contributed by atoms with E-state index in [0.29, 0.717) is 0 Å². The van der Waals surface area contributed by atoms with Gasteiger partial charge in [0.15, 0.2) is 0 Å². The van der Waals surface area contributed by atoms with E-state index >= 15 is 0 Å². The topological polar surface area (TPSA) is 0 Å². The molecular formula is C19H18. The molecule has 2 rings (SSSR count). The average Bonchev–Trinajstić information content (AvgIpc) is 3.00. The lowest BCUT2D eigenvalue weighted by Gasteiger charge is -2.32. The normalized spacial score (nSPS) is 16.1. The van der Waals surface area contributed by atoms with Gasteiger partial charge in [0.2, 0.25) is 0 Å². The van der Waals surface area contributed by atoms with Gasteiger partial charge in [0.05, 0.1) is 5.41 Å². The van der Waals surface area contributed by atoms with Crippen LogP contribution in [-0.4, -0.2) is 0 Å². The zero-order chi connectivity index (χ0) is 13.7. The van der Waals surface area contributed by atoms with Crippen molar-refractivity contribution in [1.82, 2.24) is 0 Å². The van der Waals surface area contributed by atoms with Crippen molar-refractivity contribution in [2.75, 3.05) is 0 Å². The minimum atomic E-state index is -0.405. The molecule has 0 aliphatic heterocycles. The van der Waals surface area contributed by atoms with Gasteiger partial charge in [-0.1, -0.05) is 73.9 Å². The standard InChI is InChI=1S/C19H18/c1-4-16(5-2)19(6-3,18-14-10-11-15-18)17-12-8-7-9-13-17/h4,6-10,12-15H,1-3,11H2. The summed E-state index contributed by atoms with van der Waals surface area (Å²) in [5.41, 5.74) is 5.92. The number of allylic oxidation sites excluding steroid dienone is 7. The number of rotatable bonds is 5. The number of benzene rings is 1. The highest BCUT2D eigenvalue weighted by molar-refractivity contribution is 5.58. The van der Waals surface area contributed by atoms with Crippen LogP contribution in [0, 0.1) is 0 Å². The minimum absolute atomic E-state index is 0.405. The first-order valence-electron chi connectivity index (χ1n) is 6.39. The zero-order valence-corrected chi connectivity index (χ0v) is 11.1. The summed E-state index contributed by atoms with van der Waals surface area (Å²) in [6, 6.07) is 10.3. The third-order valence-electron chi connectivity index (χ3n) is 3.58. The molecule has 0 N–H and O–H groups in total. The van der Waals surface area contributed by atoms with E-state index in [4.69, 9.17) is 0 Å². The molecule has 0 fully saturated rings. The lowest BCUT2D eigenvalue weighted by atomic mass is 9.69. The molecule has 1 aromatic carbocycles. The predicted molar refractivity (Wildman–Crippen MR) is 83.0 cm³/mol. The maximum atomic E-state index is 4.06. The van der Waals surface area contributed by atoms with E-state index in [9.17, 15) is 0 Å². The van der Waals surface area contributed by atoms with Gasteiger partial charge in [-0.3, -0.25) is 0 Å². The quantitative estimate of drug-likeness (QED) is 0.394. The van der Waals surface area contributed by atoms with Gasteiger partial charge >= 0.3 is 0 Å². The Bertz CT molecular complexity index is 592. The van der Waals surface area contributed by atoms with Gasteiger partial charge in [0.1, 0.15) is 0 Å². The van der Waals surface area contributed by atoms with Gasteiger partial charge in [-0.15, -0.1) is 12.3 Å². The number of hydrogen-bond acceptors (Lipinski definition) is 0. The molecule has 0 spiro atoms. The predicted octanol–water partition coefficient (Wildman–Crippen LogP) is 4.89. The first kappa shape index (κ1) is 13.1. The molecule has 1 aliphatic rings. The summed E-state index contributed by atoms with van der Waals surface area (Å²) in [6.07, 6.45) is 11.2. The third-order valence-corrected chi connectivity index (χ3v) is 3.58. The zero-order valence-electron chi connectivity index (χ0n) is 11.1. The van der Waals surface area contributed by atoms with E-state index in [2.05, 4.69) is 55.8 Å². The Hall–Kier alpha value is -2.30. The Morgan fingerprint density at radius 2 is 1.95 bits per heavy atom. The monoisotopic (exact) mass is 246 g/mol. The van der Waals surface area contributed by atoms with Crippen LogP contribution in [0.4, 0.5) is 0 Å². The highest BCUT2D eigenvalue weighted by Crippen LogP contribution is 2.42. The van der Waals surface area contributed by atoms with Crippen molar-refractivity contribution in [1.29, 1.82) is 0 Å². The largest absolute Gasteiger partial charge is 0.124 e. The van der Waals surface area contributed by atoms with E-state index in [1.807, 2.05) is 30.4 Å². The van der Waals surface area contributed by atoms with Crippen LogP contribution in [0.5, 0.6) is 0 Å². The fourth-order valence-corrected chi connectivity index (χ4v) is 2.65. The lowest BCUT2D eigenvalue weighted by molar-refractivity contribution is 0.781. The van der Waals surface area contributed by atoms with Gasteiger partial charge < -0.3 is 0 Å². The molecule has 1 aliphatic carbocycles. The summed E-state index contributed by atoms with van der Waals surface area (Å²) in [6.45, 7) is 11.8. The summed E-state index contributed by atoms with van der Waals surface area (Å²) < 4.78 is 0. The van der Waals surface area contributed by atoms with Gasteiger partial charge in [-0.25, -0.2) is 0 Å². The second-order valence-electron chi connectivity index (χ2n) is 4.47. The molecule has 1 atom stereocenters. The Morgan fingerprint density at radius 3 is 2.42 bits per heavy atom. The summed E-state index contributed by atoms with van der Waals surface area (Å²) >= 11 is 0.